The number of aliphatic hydroxyl groups is 1. The summed E-state index contributed by atoms with van der Waals surface area (Å²) in [6.45, 7) is 7.88. The first kappa shape index (κ1) is 21.4. The summed E-state index contributed by atoms with van der Waals surface area (Å²) in [5.74, 6) is -0.349. The summed E-state index contributed by atoms with van der Waals surface area (Å²) in [6.07, 6.45) is 1.90. The van der Waals surface area contributed by atoms with Crippen LogP contribution in [0.4, 0.5) is 0 Å². The molecule has 134 valence electrons. The average Bonchev–Trinajstić information content (AvgIpc) is 2.43. The van der Waals surface area contributed by atoms with Crippen LogP contribution in [0.3, 0.4) is 0 Å². The van der Waals surface area contributed by atoms with Crippen molar-refractivity contribution in [2.45, 2.75) is 65.5 Å². The Hall–Kier alpha value is -1.63. The van der Waals surface area contributed by atoms with E-state index in [1.54, 1.807) is 6.92 Å². The Kier molecular flexibility index (Phi) is 11.0. The zero-order chi connectivity index (χ0) is 17.8. The SMILES string of the molecule is CCN(CC(=O)NC(C)CCCC(=O)NCCC(C)O)C(C)=O. The van der Waals surface area contributed by atoms with Gasteiger partial charge in [-0.15, -0.1) is 0 Å². The van der Waals surface area contributed by atoms with Crippen LogP contribution in [-0.4, -0.2) is 59.5 Å². The third-order valence-corrected chi connectivity index (χ3v) is 3.49. The number of rotatable bonds is 11. The molecule has 0 rings (SSSR count). The van der Waals surface area contributed by atoms with Crippen LogP contribution in [0.25, 0.3) is 0 Å². The largest absolute Gasteiger partial charge is 0.393 e. The number of amides is 3. The van der Waals surface area contributed by atoms with Crippen molar-refractivity contribution in [1.82, 2.24) is 15.5 Å². The number of aliphatic hydroxyl groups excluding tert-OH is 1. The molecule has 2 atom stereocenters. The summed E-state index contributed by atoms with van der Waals surface area (Å²) in [5.41, 5.74) is 0. The van der Waals surface area contributed by atoms with Crippen LogP contribution < -0.4 is 10.6 Å². The van der Waals surface area contributed by atoms with Crippen LogP contribution in [0.15, 0.2) is 0 Å². The van der Waals surface area contributed by atoms with Gasteiger partial charge in [-0.25, -0.2) is 0 Å². The van der Waals surface area contributed by atoms with Crippen molar-refractivity contribution in [2.24, 2.45) is 0 Å². The monoisotopic (exact) mass is 329 g/mol. The van der Waals surface area contributed by atoms with E-state index in [9.17, 15) is 14.4 Å². The number of carbonyl (C=O) groups is 3. The first-order valence-electron chi connectivity index (χ1n) is 8.25. The highest BCUT2D eigenvalue weighted by Crippen LogP contribution is 2.01. The van der Waals surface area contributed by atoms with Crippen molar-refractivity contribution >= 4 is 17.7 Å². The fraction of sp³-hybridized carbons (Fsp3) is 0.812. The molecule has 23 heavy (non-hydrogen) atoms. The fourth-order valence-electron chi connectivity index (χ4n) is 2.09. The molecular formula is C16H31N3O4. The van der Waals surface area contributed by atoms with E-state index in [0.717, 1.165) is 0 Å². The normalized spacial score (nSPS) is 13.1. The van der Waals surface area contributed by atoms with Gasteiger partial charge >= 0.3 is 0 Å². The lowest BCUT2D eigenvalue weighted by molar-refractivity contribution is -0.134. The van der Waals surface area contributed by atoms with Crippen LogP contribution in [0.5, 0.6) is 0 Å². The number of hydrogen-bond donors (Lipinski definition) is 3. The molecule has 0 heterocycles. The van der Waals surface area contributed by atoms with E-state index in [-0.39, 0.29) is 30.3 Å². The Morgan fingerprint density at radius 2 is 1.78 bits per heavy atom. The van der Waals surface area contributed by atoms with Crippen LogP contribution >= 0.6 is 0 Å². The third-order valence-electron chi connectivity index (χ3n) is 3.49. The molecule has 0 aliphatic heterocycles. The van der Waals surface area contributed by atoms with E-state index in [0.29, 0.717) is 38.8 Å². The third kappa shape index (κ3) is 11.6. The molecule has 3 amide bonds. The van der Waals surface area contributed by atoms with Gasteiger partial charge in [0.15, 0.2) is 0 Å². The summed E-state index contributed by atoms with van der Waals surface area (Å²) in [6, 6.07) is -0.0431. The molecule has 0 aromatic rings. The second kappa shape index (κ2) is 11.9. The van der Waals surface area contributed by atoms with Gasteiger partial charge in [-0.1, -0.05) is 0 Å². The van der Waals surface area contributed by atoms with E-state index in [2.05, 4.69) is 10.6 Å². The van der Waals surface area contributed by atoms with E-state index < -0.39 is 6.10 Å². The molecule has 0 bridgehead atoms. The number of hydrogen-bond acceptors (Lipinski definition) is 4. The van der Waals surface area contributed by atoms with Crippen molar-refractivity contribution < 1.29 is 19.5 Å². The fourth-order valence-corrected chi connectivity index (χ4v) is 2.09. The molecule has 0 saturated carbocycles. The molecule has 7 nitrogen and oxygen atoms in total. The van der Waals surface area contributed by atoms with Crippen LogP contribution in [-0.2, 0) is 14.4 Å². The molecule has 0 spiro atoms. The molecule has 7 heteroatoms. The second-order valence-corrected chi connectivity index (χ2v) is 5.88. The predicted octanol–water partition coefficient (Wildman–Crippen LogP) is 0.417. The number of likely N-dealkylation sites (N-methyl/N-ethyl adjacent to an activating group) is 1. The molecule has 0 aliphatic rings. The molecule has 3 N–H and O–H groups in total. The Morgan fingerprint density at radius 1 is 1.13 bits per heavy atom. The molecule has 0 fully saturated rings. The molecule has 0 aliphatic carbocycles. The maximum absolute atomic E-state index is 11.8. The molecular weight excluding hydrogens is 298 g/mol. The van der Waals surface area contributed by atoms with Crippen molar-refractivity contribution in [3.63, 3.8) is 0 Å². The van der Waals surface area contributed by atoms with Crippen LogP contribution in [0.1, 0.15) is 53.4 Å². The van der Waals surface area contributed by atoms with Crippen LogP contribution in [0, 0.1) is 0 Å². The minimum absolute atomic E-state index is 0.0431. The minimum atomic E-state index is -0.414. The number of carbonyl (C=O) groups excluding carboxylic acids is 3. The van der Waals surface area contributed by atoms with Crippen molar-refractivity contribution in [3.8, 4) is 0 Å². The Balaban J connectivity index is 3.85. The van der Waals surface area contributed by atoms with Crippen molar-refractivity contribution in [1.29, 1.82) is 0 Å². The minimum Gasteiger partial charge on any atom is -0.393 e. The zero-order valence-electron chi connectivity index (χ0n) is 14.7. The van der Waals surface area contributed by atoms with E-state index in [1.807, 2.05) is 13.8 Å². The quantitative estimate of drug-likeness (QED) is 0.511. The lowest BCUT2D eigenvalue weighted by Crippen LogP contribution is -2.42. The van der Waals surface area contributed by atoms with E-state index in [1.165, 1.54) is 11.8 Å². The van der Waals surface area contributed by atoms with Crippen molar-refractivity contribution in [3.05, 3.63) is 0 Å². The van der Waals surface area contributed by atoms with Gasteiger partial charge in [0, 0.05) is 32.5 Å². The lowest BCUT2D eigenvalue weighted by Gasteiger charge is -2.20. The van der Waals surface area contributed by atoms with Crippen molar-refractivity contribution in [2.75, 3.05) is 19.6 Å². The first-order valence-corrected chi connectivity index (χ1v) is 8.25. The Morgan fingerprint density at radius 3 is 2.30 bits per heavy atom. The summed E-state index contributed by atoms with van der Waals surface area (Å²) in [7, 11) is 0. The van der Waals surface area contributed by atoms with Gasteiger partial charge in [-0.05, 0) is 40.0 Å². The lowest BCUT2D eigenvalue weighted by atomic mass is 10.1. The Bertz CT molecular complexity index is 386. The van der Waals surface area contributed by atoms with Gasteiger partial charge < -0.3 is 20.6 Å². The van der Waals surface area contributed by atoms with E-state index >= 15 is 0 Å². The smallest absolute Gasteiger partial charge is 0.239 e. The zero-order valence-corrected chi connectivity index (χ0v) is 14.7. The highest BCUT2D eigenvalue weighted by molar-refractivity contribution is 5.83. The highest BCUT2D eigenvalue weighted by atomic mass is 16.3. The van der Waals surface area contributed by atoms with E-state index in [4.69, 9.17) is 5.11 Å². The standard InChI is InChI=1S/C16H31N3O4/c1-5-19(14(4)21)11-16(23)18-12(2)7-6-8-15(22)17-10-9-13(3)20/h12-13,20H,5-11H2,1-4H3,(H,17,22)(H,18,23). The van der Waals surface area contributed by atoms with Crippen LogP contribution in [0.2, 0.25) is 0 Å². The molecule has 0 aromatic heterocycles. The first-order chi connectivity index (χ1) is 10.8. The second-order valence-electron chi connectivity index (χ2n) is 5.88. The maximum atomic E-state index is 11.8. The summed E-state index contributed by atoms with van der Waals surface area (Å²) < 4.78 is 0. The molecule has 0 aromatic carbocycles. The van der Waals surface area contributed by atoms with Gasteiger partial charge in [0.05, 0.1) is 12.6 Å². The summed E-state index contributed by atoms with van der Waals surface area (Å²) in [5, 5.41) is 14.7. The van der Waals surface area contributed by atoms with Gasteiger partial charge in [-0.2, -0.15) is 0 Å². The summed E-state index contributed by atoms with van der Waals surface area (Å²) >= 11 is 0. The Labute approximate surface area is 138 Å². The topological polar surface area (TPSA) is 98.7 Å². The van der Waals surface area contributed by atoms with Gasteiger partial charge in [-0.3, -0.25) is 14.4 Å². The number of nitrogens with zero attached hydrogens (tertiary/aromatic N) is 1. The highest BCUT2D eigenvalue weighted by Gasteiger charge is 2.13. The molecule has 0 radical (unpaired) electrons. The maximum Gasteiger partial charge on any atom is 0.239 e. The van der Waals surface area contributed by atoms with Gasteiger partial charge in [0.1, 0.15) is 0 Å². The number of nitrogens with one attached hydrogen (secondary N) is 2. The van der Waals surface area contributed by atoms with Gasteiger partial charge in [0.25, 0.3) is 0 Å². The molecule has 2 unspecified atom stereocenters. The molecule has 0 saturated heterocycles. The van der Waals surface area contributed by atoms with Gasteiger partial charge in [0.2, 0.25) is 17.7 Å². The summed E-state index contributed by atoms with van der Waals surface area (Å²) in [4.78, 5) is 36.1. The average molecular weight is 329 g/mol. The predicted molar refractivity (Wildman–Crippen MR) is 88.7 cm³/mol.